The van der Waals surface area contributed by atoms with E-state index in [0.717, 1.165) is 25.8 Å². The van der Waals surface area contributed by atoms with E-state index in [4.69, 9.17) is 4.52 Å². The Balaban J connectivity index is 1.47. The van der Waals surface area contributed by atoms with Crippen molar-refractivity contribution in [3.05, 3.63) is 34.1 Å². The molecule has 0 aromatic carbocycles. The Morgan fingerprint density at radius 3 is 3.23 bits per heavy atom. The average molecular weight is 320 g/mol. The number of amides is 1. The molecule has 118 valence electrons. The molecular weight excluding hydrogens is 300 g/mol. The van der Waals surface area contributed by atoms with Gasteiger partial charge in [-0.25, -0.2) is 0 Å². The van der Waals surface area contributed by atoms with Crippen LogP contribution in [0.4, 0.5) is 0 Å². The van der Waals surface area contributed by atoms with Gasteiger partial charge in [-0.2, -0.15) is 16.3 Å². The lowest BCUT2D eigenvalue weighted by Gasteiger charge is -2.21. The highest BCUT2D eigenvalue weighted by molar-refractivity contribution is 7.07. The first kappa shape index (κ1) is 15.2. The quantitative estimate of drug-likeness (QED) is 0.880. The summed E-state index contributed by atoms with van der Waals surface area (Å²) in [5.74, 6) is 1.32. The zero-order chi connectivity index (χ0) is 15.4. The summed E-state index contributed by atoms with van der Waals surface area (Å²) < 4.78 is 5.05. The fourth-order valence-electron chi connectivity index (χ4n) is 2.78. The minimum atomic E-state index is 0.0577. The maximum Gasteiger partial charge on any atom is 0.234 e. The summed E-state index contributed by atoms with van der Waals surface area (Å²) >= 11 is 1.68. The standard InChI is InChI=1S/C15H20N4O2S/c1-11-17-15(18-21-11)13-3-2-7-19(13)9-14(20)16-6-4-12-5-8-22-10-12/h5,8,10,13H,2-4,6-7,9H2,1H3,(H,16,20). The maximum atomic E-state index is 12.1. The maximum absolute atomic E-state index is 12.1. The summed E-state index contributed by atoms with van der Waals surface area (Å²) in [6.45, 7) is 3.75. The van der Waals surface area contributed by atoms with E-state index in [0.29, 0.717) is 24.8 Å². The van der Waals surface area contributed by atoms with Gasteiger partial charge in [-0.3, -0.25) is 9.69 Å². The van der Waals surface area contributed by atoms with Crippen molar-refractivity contribution in [2.24, 2.45) is 0 Å². The normalized spacial score (nSPS) is 18.7. The number of thiophene rings is 1. The van der Waals surface area contributed by atoms with Gasteiger partial charge >= 0.3 is 0 Å². The van der Waals surface area contributed by atoms with Crippen LogP contribution in [0.5, 0.6) is 0 Å². The van der Waals surface area contributed by atoms with Crippen LogP contribution in [-0.4, -0.2) is 40.6 Å². The molecule has 1 aliphatic rings. The second kappa shape index (κ2) is 7.02. The van der Waals surface area contributed by atoms with Gasteiger partial charge < -0.3 is 9.84 Å². The minimum absolute atomic E-state index is 0.0577. The third-order valence-corrected chi connectivity index (χ3v) is 4.60. The van der Waals surface area contributed by atoms with Crippen molar-refractivity contribution in [2.75, 3.05) is 19.6 Å². The van der Waals surface area contributed by atoms with Gasteiger partial charge in [0.15, 0.2) is 5.82 Å². The number of likely N-dealkylation sites (tertiary alicyclic amines) is 1. The van der Waals surface area contributed by atoms with Crippen molar-refractivity contribution in [1.29, 1.82) is 0 Å². The lowest BCUT2D eigenvalue weighted by molar-refractivity contribution is -0.122. The van der Waals surface area contributed by atoms with E-state index in [1.807, 2.05) is 0 Å². The van der Waals surface area contributed by atoms with Gasteiger partial charge in [0.1, 0.15) is 0 Å². The van der Waals surface area contributed by atoms with Gasteiger partial charge in [0.25, 0.3) is 0 Å². The molecule has 0 saturated carbocycles. The van der Waals surface area contributed by atoms with Crippen molar-refractivity contribution in [3.63, 3.8) is 0 Å². The molecule has 1 aliphatic heterocycles. The molecule has 0 radical (unpaired) electrons. The number of rotatable bonds is 6. The first-order valence-corrected chi connectivity index (χ1v) is 8.48. The molecular formula is C15H20N4O2S. The van der Waals surface area contributed by atoms with Crippen molar-refractivity contribution < 1.29 is 9.32 Å². The van der Waals surface area contributed by atoms with Crippen molar-refractivity contribution in [1.82, 2.24) is 20.4 Å². The second-order valence-corrected chi connectivity index (χ2v) is 6.31. The number of nitrogens with zero attached hydrogens (tertiary/aromatic N) is 3. The van der Waals surface area contributed by atoms with Gasteiger partial charge in [0, 0.05) is 13.5 Å². The highest BCUT2D eigenvalue weighted by Gasteiger charge is 2.30. The summed E-state index contributed by atoms with van der Waals surface area (Å²) in [4.78, 5) is 18.5. The van der Waals surface area contributed by atoms with Crippen LogP contribution in [0, 0.1) is 6.92 Å². The van der Waals surface area contributed by atoms with Gasteiger partial charge in [0.2, 0.25) is 11.8 Å². The van der Waals surface area contributed by atoms with Crippen molar-refractivity contribution in [3.8, 4) is 0 Å². The number of aromatic nitrogens is 2. The molecule has 6 nitrogen and oxygen atoms in total. The summed E-state index contributed by atoms with van der Waals surface area (Å²) in [6, 6.07) is 2.19. The fourth-order valence-corrected chi connectivity index (χ4v) is 3.48. The van der Waals surface area contributed by atoms with E-state index < -0.39 is 0 Å². The largest absolute Gasteiger partial charge is 0.355 e. The van der Waals surface area contributed by atoms with Crippen molar-refractivity contribution in [2.45, 2.75) is 32.2 Å². The van der Waals surface area contributed by atoms with Crippen LogP contribution in [0.2, 0.25) is 0 Å². The lowest BCUT2D eigenvalue weighted by atomic mass is 10.2. The topological polar surface area (TPSA) is 71.3 Å². The molecule has 3 heterocycles. The van der Waals surface area contributed by atoms with Crippen LogP contribution in [0.15, 0.2) is 21.3 Å². The molecule has 1 fully saturated rings. The van der Waals surface area contributed by atoms with Crippen LogP contribution in [0.3, 0.4) is 0 Å². The number of aryl methyl sites for hydroxylation is 1. The highest BCUT2D eigenvalue weighted by atomic mass is 32.1. The third kappa shape index (κ3) is 3.72. The molecule has 0 spiro atoms. The Morgan fingerprint density at radius 2 is 2.50 bits per heavy atom. The average Bonchev–Trinajstić information content (AvgIpc) is 3.20. The van der Waals surface area contributed by atoms with E-state index in [2.05, 4.69) is 37.2 Å². The van der Waals surface area contributed by atoms with Gasteiger partial charge in [-0.05, 0) is 48.2 Å². The zero-order valence-electron chi connectivity index (χ0n) is 12.6. The number of hydrogen-bond acceptors (Lipinski definition) is 6. The van der Waals surface area contributed by atoms with Gasteiger partial charge in [0.05, 0.1) is 12.6 Å². The molecule has 2 aromatic heterocycles. The molecule has 0 aliphatic carbocycles. The molecule has 1 unspecified atom stereocenters. The zero-order valence-corrected chi connectivity index (χ0v) is 13.4. The van der Waals surface area contributed by atoms with Crippen LogP contribution in [0.1, 0.15) is 36.2 Å². The van der Waals surface area contributed by atoms with E-state index in [9.17, 15) is 4.79 Å². The summed E-state index contributed by atoms with van der Waals surface area (Å²) in [5, 5.41) is 11.1. The number of carbonyl (C=O) groups excluding carboxylic acids is 1. The molecule has 1 atom stereocenters. The lowest BCUT2D eigenvalue weighted by Crippen LogP contribution is -2.37. The highest BCUT2D eigenvalue weighted by Crippen LogP contribution is 2.29. The SMILES string of the molecule is Cc1nc(C2CCCN2CC(=O)NCCc2ccsc2)no1. The van der Waals surface area contributed by atoms with Gasteiger partial charge in [-0.15, -0.1) is 0 Å². The second-order valence-electron chi connectivity index (χ2n) is 5.53. The van der Waals surface area contributed by atoms with Gasteiger partial charge in [-0.1, -0.05) is 5.16 Å². The smallest absolute Gasteiger partial charge is 0.234 e. The summed E-state index contributed by atoms with van der Waals surface area (Å²) in [5.41, 5.74) is 1.27. The predicted octanol–water partition coefficient (Wildman–Crippen LogP) is 1.94. The number of carbonyl (C=O) groups is 1. The Morgan fingerprint density at radius 1 is 1.59 bits per heavy atom. The predicted molar refractivity (Wildman–Crippen MR) is 83.6 cm³/mol. The minimum Gasteiger partial charge on any atom is -0.355 e. The van der Waals surface area contributed by atoms with E-state index in [1.54, 1.807) is 18.3 Å². The Labute approximate surface area is 133 Å². The number of hydrogen-bond donors (Lipinski definition) is 1. The molecule has 1 amide bonds. The van der Waals surface area contributed by atoms with Crippen molar-refractivity contribution >= 4 is 17.2 Å². The molecule has 0 bridgehead atoms. The summed E-state index contributed by atoms with van der Waals surface area (Å²) in [6.07, 6.45) is 2.91. The monoisotopic (exact) mass is 320 g/mol. The third-order valence-electron chi connectivity index (χ3n) is 3.87. The molecule has 1 N–H and O–H groups in total. The van der Waals surface area contributed by atoms with Crippen LogP contribution in [-0.2, 0) is 11.2 Å². The Kier molecular flexibility index (Phi) is 4.84. The first-order chi connectivity index (χ1) is 10.7. The van der Waals surface area contributed by atoms with Crippen LogP contribution >= 0.6 is 11.3 Å². The van der Waals surface area contributed by atoms with E-state index >= 15 is 0 Å². The fraction of sp³-hybridized carbons (Fsp3) is 0.533. The Hall–Kier alpha value is -1.73. The molecule has 3 rings (SSSR count). The molecule has 2 aromatic rings. The summed E-state index contributed by atoms with van der Waals surface area (Å²) in [7, 11) is 0. The molecule has 1 saturated heterocycles. The Bertz CT molecular complexity index is 611. The van der Waals surface area contributed by atoms with Crippen LogP contribution < -0.4 is 5.32 Å². The first-order valence-electron chi connectivity index (χ1n) is 7.54. The molecule has 22 heavy (non-hydrogen) atoms. The number of nitrogens with one attached hydrogen (secondary N) is 1. The van der Waals surface area contributed by atoms with Crippen LogP contribution in [0.25, 0.3) is 0 Å². The molecule has 7 heteroatoms. The van der Waals surface area contributed by atoms with E-state index in [-0.39, 0.29) is 11.9 Å². The van der Waals surface area contributed by atoms with E-state index in [1.165, 1.54) is 5.56 Å².